The molecule has 1 heterocycles. The number of carbonyl (C=O) groups excluding carboxylic acids is 1. The van der Waals surface area contributed by atoms with E-state index in [2.05, 4.69) is 10.5 Å². The summed E-state index contributed by atoms with van der Waals surface area (Å²) in [7, 11) is 0. The largest absolute Gasteiger partial charge is 0.479 e. The van der Waals surface area contributed by atoms with Crippen molar-refractivity contribution in [2.75, 3.05) is 6.54 Å². The van der Waals surface area contributed by atoms with E-state index in [1.807, 2.05) is 30.3 Å². The van der Waals surface area contributed by atoms with Gasteiger partial charge in [-0.25, -0.2) is 4.79 Å². The summed E-state index contributed by atoms with van der Waals surface area (Å²) in [5.41, 5.74) is 1.53. The van der Waals surface area contributed by atoms with Gasteiger partial charge in [-0.2, -0.15) is 0 Å². The van der Waals surface area contributed by atoms with Gasteiger partial charge in [0.1, 0.15) is 0 Å². The van der Waals surface area contributed by atoms with Gasteiger partial charge in [0, 0.05) is 6.42 Å². The van der Waals surface area contributed by atoms with Crippen LogP contribution in [-0.4, -0.2) is 46.6 Å². The first kappa shape index (κ1) is 14.0. The molecule has 1 aliphatic heterocycles. The highest BCUT2D eigenvalue weighted by molar-refractivity contribution is 6.04. The van der Waals surface area contributed by atoms with Crippen LogP contribution in [0.2, 0.25) is 0 Å². The maximum atomic E-state index is 11.7. The topological polar surface area (TPSA) is 108 Å². The van der Waals surface area contributed by atoms with Crippen molar-refractivity contribution < 1.29 is 24.6 Å². The van der Waals surface area contributed by atoms with Crippen molar-refractivity contribution in [3.8, 4) is 0 Å². The Balaban J connectivity index is 1.85. The number of carboxylic acid groups (broad SMARTS) is 1. The number of hydrogen-bond acceptors (Lipinski definition) is 5. The standard InChI is InChI=1S/C13H14N2O5/c16-10(13(18)19)7-14-12(17)11-6-9(15-20-11)8-4-2-1-3-5-8/h1-5,10-11,16H,6-7H2,(H,14,17)(H,18,19). The predicted molar refractivity (Wildman–Crippen MR) is 69.1 cm³/mol. The van der Waals surface area contributed by atoms with Gasteiger partial charge in [-0.1, -0.05) is 35.5 Å². The lowest BCUT2D eigenvalue weighted by Crippen LogP contribution is -2.41. The molecule has 7 heteroatoms. The zero-order chi connectivity index (χ0) is 14.5. The number of nitrogens with zero attached hydrogens (tertiary/aromatic N) is 1. The van der Waals surface area contributed by atoms with Crippen LogP contribution in [-0.2, 0) is 14.4 Å². The molecule has 7 nitrogen and oxygen atoms in total. The molecule has 20 heavy (non-hydrogen) atoms. The van der Waals surface area contributed by atoms with Crippen LogP contribution in [0.25, 0.3) is 0 Å². The Labute approximate surface area is 114 Å². The summed E-state index contributed by atoms with van der Waals surface area (Å²) in [4.78, 5) is 27.2. The number of carboxylic acids is 1. The first-order valence-electron chi connectivity index (χ1n) is 6.04. The molecule has 2 rings (SSSR count). The van der Waals surface area contributed by atoms with E-state index in [-0.39, 0.29) is 6.54 Å². The van der Waals surface area contributed by atoms with Gasteiger partial charge in [0.15, 0.2) is 6.10 Å². The van der Waals surface area contributed by atoms with E-state index < -0.39 is 24.1 Å². The summed E-state index contributed by atoms with van der Waals surface area (Å²) in [6, 6.07) is 9.30. The maximum absolute atomic E-state index is 11.7. The number of nitrogens with one attached hydrogen (secondary N) is 1. The summed E-state index contributed by atoms with van der Waals surface area (Å²) < 4.78 is 0. The minimum absolute atomic E-state index is 0.305. The number of aliphatic carboxylic acids is 1. The summed E-state index contributed by atoms with van der Waals surface area (Å²) in [5, 5.41) is 23.7. The van der Waals surface area contributed by atoms with Crippen molar-refractivity contribution in [1.29, 1.82) is 0 Å². The van der Waals surface area contributed by atoms with Crippen LogP contribution in [0.4, 0.5) is 0 Å². The highest BCUT2D eigenvalue weighted by atomic mass is 16.6. The molecule has 0 spiro atoms. The highest BCUT2D eigenvalue weighted by Crippen LogP contribution is 2.16. The lowest BCUT2D eigenvalue weighted by atomic mass is 10.0. The molecule has 0 fully saturated rings. The van der Waals surface area contributed by atoms with E-state index in [4.69, 9.17) is 15.1 Å². The Kier molecular flexibility index (Phi) is 4.31. The molecule has 1 aromatic rings. The molecule has 106 valence electrons. The number of carbonyl (C=O) groups is 2. The fourth-order valence-corrected chi connectivity index (χ4v) is 1.72. The maximum Gasteiger partial charge on any atom is 0.334 e. The second kappa shape index (κ2) is 6.16. The normalized spacial score (nSPS) is 18.9. The third-order valence-corrected chi connectivity index (χ3v) is 2.82. The zero-order valence-electron chi connectivity index (χ0n) is 10.5. The third-order valence-electron chi connectivity index (χ3n) is 2.82. The van der Waals surface area contributed by atoms with E-state index in [0.29, 0.717) is 12.1 Å². The first-order valence-corrected chi connectivity index (χ1v) is 6.04. The number of benzene rings is 1. The molecule has 1 aliphatic rings. The van der Waals surface area contributed by atoms with Crippen LogP contribution in [0.5, 0.6) is 0 Å². The van der Waals surface area contributed by atoms with Gasteiger partial charge >= 0.3 is 5.97 Å². The Hall–Kier alpha value is -2.41. The summed E-state index contributed by atoms with van der Waals surface area (Å²) in [6.45, 7) is -0.366. The molecule has 0 saturated heterocycles. The summed E-state index contributed by atoms with van der Waals surface area (Å²) in [6.07, 6.45) is -2.12. The van der Waals surface area contributed by atoms with E-state index in [1.54, 1.807) is 0 Å². The van der Waals surface area contributed by atoms with Gasteiger partial charge in [0.05, 0.1) is 12.3 Å². The fourth-order valence-electron chi connectivity index (χ4n) is 1.72. The smallest absolute Gasteiger partial charge is 0.334 e. The third kappa shape index (κ3) is 3.33. The van der Waals surface area contributed by atoms with Crippen LogP contribution < -0.4 is 5.32 Å². The Morgan fingerprint density at radius 1 is 1.40 bits per heavy atom. The number of rotatable bonds is 5. The van der Waals surface area contributed by atoms with Crippen LogP contribution in [0.15, 0.2) is 35.5 Å². The van der Waals surface area contributed by atoms with Gasteiger partial charge in [-0.15, -0.1) is 0 Å². The molecular weight excluding hydrogens is 264 g/mol. The molecule has 1 amide bonds. The van der Waals surface area contributed by atoms with Gasteiger partial charge in [0.2, 0.25) is 6.10 Å². The predicted octanol–water partition coefficient (Wildman–Crippen LogP) is -0.259. The lowest BCUT2D eigenvalue weighted by Gasteiger charge is -2.10. The van der Waals surface area contributed by atoms with Crippen molar-refractivity contribution in [3.63, 3.8) is 0 Å². The average molecular weight is 278 g/mol. The SMILES string of the molecule is O=C(O)C(O)CNC(=O)C1CC(c2ccccc2)=NO1. The van der Waals surface area contributed by atoms with E-state index >= 15 is 0 Å². The van der Waals surface area contributed by atoms with Crippen molar-refractivity contribution in [2.24, 2.45) is 5.16 Å². The van der Waals surface area contributed by atoms with Crippen LogP contribution in [0.3, 0.4) is 0 Å². The molecule has 3 N–H and O–H groups in total. The monoisotopic (exact) mass is 278 g/mol. The van der Waals surface area contributed by atoms with Gasteiger partial charge in [-0.3, -0.25) is 4.79 Å². The van der Waals surface area contributed by atoms with Crippen molar-refractivity contribution >= 4 is 17.6 Å². The van der Waals surface area contributed by atoms with E-state index in [1.165, 1.54) is 0 Å². The minimum atomic E-state index is -1.63. The molecule has 2 unspecified atom stereocenters. The van der Waals surface area contributed by atoms with Crippen LogP contribution in [0.1, 0.15) is 12.0 Å². The molecule has 0 aromatic heterocycles. The number of aliphatic hydroxyl groups excluding tert-OH is 1. The second-order valence-corrected chi connectivity index (χ2v) is 4.30. The molecule has 0 radical (unpaired) electrons. The zero-order valence-corrected chi connectivity index (χ0v) is 10.5. The number of aliphatic hydroxyl groups is 1. The Morgan fingerprint density at radius 2 is 2.10 bits per heavy atom. The highest BCUT2D eigenvalue weighted by Gasteiger charge is 2.29. The Bertz CT molecular complexity index is 529. The van der Waals surface area contributed by atoms with Gasteiger partial charge in [0.25, 0.3) is 5.91 Å². The molecule has 2 atom stereocenters. The van der Waals surface area contributed by atoms with E-state index in [0.717, 1.165) is 5.56 Å². The molecule has 0 bridgehead atoms. The van der Waals surface area contributed by atoms with Gasteiger partial charge in [-0.05, 0) is 5.56 Å². The second-order valence-electron chi connectivity index (χ2n) is 4.30. The van der Waals surface area contributed by atoms with E-state index in [9.17, 15) is 9.59 Å². The molecular formula is C13H14N2O5. The molecule has 0 aliphatic carbocycles. The Morgan fingerprint density at radius 3 is 2.75 bits per heavy atom. The average Bonchev–Trinajstić information content (AvgIpc) is 2.95. The molecule has 1 aromatic carbocycles. The lowest BCUT2D eigenvalue weighted by molar-refractivity contribution is -0.146. The van der Waals surface area contributed by atoms with Crippen molar-refractivity contribution in [1.82, 2.24) is 5.32 Å². The number of hydrogen-bond donors (Lipinski definition) is 3. The van der Waals surface area contributed by atoms with Crippen molar-refractivity contribution in [2.45, 2.75) is 18.6 Å². The van der Waals surface area contributed by atoms with Crippen molar-refractivity contribution in [3.05, 3.63) is 35.9 Å². The van der Waals surface area contributed by atoms with Crippen LogP contribution in [0, 0.1) is 0 Å². The van der Waals surface area contributed by atoms with Gasteiger partial charge < -0.3 is 20.4 Å². The minimum Gasteiger partial charge on any atom is -0.479 e. The first-order chi connectivity index (χ1) is 9.58. The summed E-state index contributed by atoms with van der Waals surface area (Å²) >= 11 is 0. The fraction of sp³-hybridized carbons (Fsp3) is 0.308. The summed E-state index contributed by atoms with van der Waals surface area (Å²) in [5.74, 6) is -1.89. The number of amides is 1. The quantitative estimate of drug-likeness (QED) is 0.687. The van der Waals surface area contributed by atoms with Crippen LogP contribution >= 0.6 is 0 Å². The number of oxime groups is 1. The molecule has 0 saturated carbocycles.